The highest BCUT2D eigenvalue weighted by Gasteiger charge is 2.38. The molecule has 0 aliphatic rings. The lowest BCUT2D eigenvalue weighted by molar-refractivity contribution is -0.141. The Hall–Kier alpha value is -1.58. The molecular weight excluding hydrogens is 415 g/mol. The van der Waals surface area contributed by atoms with Crippen molar-refractivity contribution in [2.75, 3.05) is 6.54 Å². The summed E-state index contributed by atoms with van der Waals surface area (Å²) in [4.78, 5) is 0.151. The second-order valence-electron chi connectivity index (χ2n) is 6.96. The number of halogens is 4. The van der Waals surface area contributed by atoms with Crippen LogP contribution in [0.1, 0.15) is 37.2 Å². The number of nitrogens with zero attached hydrogens (tertiary/aromatic N) is 2. The van der Waals surface area contributed by atoms with Gasteiger partial charge >= 0.3 is 6.18 Å². The molecule has 1 aromatic carbocycles. The molecule has 0 unspecified atom stereocenters. The molecule has 0 bridgehead atoms. The van der Waals surface area contributed by atoms with Gasteiger partial charge in [-0.3, -0.25) is 4.68 Å². The first-order chi connectivity index (χ1) is 12.9. The van der Waals surface area contributed by atoms with Gasteiger partial charge in [-0.05, 0) is 43.4 Å². The van der Waals surface area contributed by atoms with Crippen LogP contribution in [0.25, 0.3) is 0 Å². The molecule has 2 rings (SSSR count). The third-order valence-corrected chi connectivity index (χ3v) is 6.05. The van der Waals surface area contributed by atoms with Gasteiger partial charge in [0.1, 0.15) is 0 Å². The van der Waals surface area contributed by atoms with E-state index in [4.69, 9.17) is 11.6 Å². The second-order valence-corrected chi connectivity index (χ2v) is 9.11. The van der Waals surface area contributed by atoms with Crippen LogP contribution in [0.3, 0.4) is 0 Å². The van der Waals surface area contributed by atoms with E-state index in [0.29, 0.717) is 5.92 Å². The van der Waals surface area contributed by atoms with Crippen LogP contribution >= 0.6 is 11.6 Å². The lowest BCUT2D eigenvalue weighted by Crippen LogP contribution is -2.25. The number of aryl methyl sites for hydroxylation is 1. The zero-order valence-corrected chi connectivity index (χ0v) is 17.4. The monoisotopic (exact) mass is 437 g/mol. The van der Waals surface area contributed by atoms with Crippen LogP contribution in [-0.2, 0) is 29.2 Å². The minimum atomic E-state index is -4.63. The molecule has 156 valence electrons. The van der Waals surface area contributed by atoms with Gasteiger partial charge in [0.15, 0.2) is 5.69 Å². The summed E-state index contributed by atoms with van der Waals surface area (Å²) in [6, 6.07) is 6.66. The normalized spacial score (nSPS) is 12.7. The van der Waals surface area contributed by atoms with Crippen molar-refractivity contribution in [2.24, 2.45) is 5.92 Å². The molecule has 2 aromatic rings. The number of benzene rings is 1. The molecule has 1 N–H and O–H groups in total. The lowest BCUT2D eigenvalue weighted by atomic mass is 10.0. The molecule has 0 fully saturated rings. The van der Waals surface area contributed by atoms with Crippen molar-refractivity contribution < 1.29 is 21.6 Å². The Kier molecular flexibility index (Phi) is 7.17. The largest absolute Gasteiger partial charge is 0.436 e. The SMILES string of the molecule is Cc1c(Cl)c(C(F)(F)F)nn1CCCNS(=O)(=O)c1ccc(CC(C)C)cc1. The summed E-state index contributed by atoms with van der Waals surface area (Å²) >= 11 is 5.69. The molecule has 0 amide bonds. The van der Waals surface area contributed by atoms with E-state index in [2.05, 4.69) is 23.7 Å². The minimum Gasteiger partial charge on any atom is -0.268 e. The van der Waals surface area contributed by atoms with Crippen LogP contribution in [0.4, 0.5) is 13.2 Å². The average Bonchev–Trinajstić information content (AvgIpc) is 2.87. The van der Waals surface area contributed by atoms with Gasteiger partial charge in [-0.1, -0.05) is 37.6 Å². The zero-order valence-electron chi connectivity index (χ0n) is 15.8. The van der Waals surface area contributed by atoms with Crippen LogP contribution in [0.2, 0.25) is 5.02 Å². The maximum absolute atomic E-state index is 12.8. The Morgan fingerprint density at radius 3 is 2.32 bits per heavy atom. The Balaban J connectivity index is 1.94. The summed E-state index contributed by atoms with van der Waals surface area (Å²) in [7, 11) is -3.68. The predicted octanol–water partition coefficient (Wildman–Crippen LogP) is 4.43. The molecule has 0 aliphatic carbocycles. The Labute approximate surface area is 167 Å². The zero-order chi connectivity index (χ0) is 21.1. The van der Waals surface area contributed by atoms with Crippen LogP contribution in [0.5, 0.6) is 0 Å². The first kappa shape index (κ1) is 22.7. The average molecular weight is 438 g/mol. The van der Waals surface area contributed by atoms with Crippen molar-refractivity contribution >= 4 is 21.6 Å². The fourth-order valence-corrected chi connectivity index (χ4v) is 4.03. The van der Waals surface area contributed by atoms with Crippen molar-refractivity contribution in [3.05, 3.63) is 46.2 Å². The van der Waals surface area contributed by atoms with E-state index in [1.54, 1.807) is 24.3 Å². The van der Waals surface area contributed by atoms with E-state index in [1.807, 2.05) is 0 Å². The van der Waals surface area contributed by atoms with Crippen LogP contribution in [0, 0.1) is 12.8 Å². The summed E-state index contributed by atoms with van der Waals surface area (Å²) in [5, 5.41) is 3.05. The maximum atomic E-state index is 12.8. The third-order valence-electron chi connectivity index (χ3n) is 4.12. The Morgan fingerprint density at radius 2 is 1.82 bits per heavy atom. The Bertz CT molecular complexity index is 907. The number of alkyl halides is 3. The molecule has 0 spiro atoms. The maximum Gasteiger partial charge on any atom is 0.436 e. The number of nitrogens with one attached hydrogen (secondary N) is 1. The molecular formula is C18H23ClF3N3O2S. The first-order valence-corrected chi connectivity index (χ1v) is 10.7. The lowest BCUT2D eigenvalue weighted by Gasteiger charge is -2.09. The third kappa shape index (κ3) is 5.71. The van der Waals surface area contributed by atoms with Crippen LogP contribution < -0.4 is 4.72 Å². The number of aromatic nitrogens is 2. The van der Waals surface area contributed by atoms with Crippen molar-refractivity contribution in [1.29, 1.82) is 0 Å². The van der Waals surface area contributed by atoms with E-state index in [-0.39, 0.29) is 30.1 Å². The molecule has 0 radical (unpaired) electrons. The van der Waals surface area contributed by atoms with Gasteiger partial charge in [-0.15, -0.1) is 0 Å². The summed E-state index contributed by atoms with van der Waals surface area (Å²) in [5.41, 5.74) is 0.117. The van der Waals surface area contributed by atoms with Gasteiger partial charge in [0.05, 0.1) is 15.6 Å². The molecule has 5 nitrogen and oxygen atoms in total. The number of sulfonamides is 1. The van der Waals surface area contributed by atoms with E-state index >= 15 is 0 Å². The van der Waals surface area contributed by atoms with E-state index < -0.39 is 26.9 Å². The van der Waals surface area contributed by atoms with Gasteiger partial charge in [-0.2, -0.15) is 18.3 Å². The van der Waals surface area contributed by atoms with E-state index in [1.165, 1.54) is 6.92 Å². The summed E-state index contributed by atoms with van der Waals surface area (Å²) in [6.07, 6.45) is -3.50. The fraction of sp³-hybridized carbons (Fsp3) is 0.500. The second kappa shape index (κ2) is 8.84. The number of rotatable bonds is 8. The molecule has 0 atom stereocenters. The van der Waals surface area contributed by atoms with Gasteiger partial charge in [0, 0.05) is 13.1 Å². The minimum absolute atomic E-state index is 0.0638. The molecule has 28 heavy (non-hydrogen) atoms. The predicted molar refractivity (Wildman–Crippen MR) is 102 cm³/mol. The molecule has 10 heteroatoms. The smallest absolute Gasteiger partial charge is 0.268 e. The molecule has 0 saturated heterocycles. The van der Waals surface area contributed by atoms with E-state index in [9.17, 15) is 21.6 Å². The fourth-order valence-electron chi connectivity index (χ4n) is 2.72. The highest BCUT2D eigenvalue weighted by Crippen LogP contribution is 2.35. The summed E-state index contributed by atoms with van der Waals surface area (Å²) in [5.74, 6) is 0.470. The summed E-state index contributed by atoms with van der Waals surface area (Å²) in [6.45, 7) is 5.77. The van der Waals surface area contributed by atoms with Crippen molar-refractivity contribution in [3.8, 4) is 0 Å². The van der Waals surface area contributed by atoms with Crippen molar-refractivity contribution in [2.45, 2.75) is 51.2 Å². The van der Waals surface area contributed by atoms with Gasteiger partial charge < -0.3 is 0 Å². The molecule has 0 saturated carbocycles. The molecule has 1 heterocycles. The molecule has 1 aromatic heterocycles. The Morgan fingerprint density at radius 1 is 1.21 bits per heavy atom. The highest BCUT2D eigenvalue weighted by molar-refractivity contribution is 7.89. The van der Waals surface area contributed by atoms with Gasteiger partial charge in [-0.25, -0.2) is 13.1 Å². The number of hydrogen-bond donors (Lipinski definition) is 1. The van der Waals surface area contributed by atoms with Gasteiger partial charge in [0.25, 0.3) is 0 Å². The number of hydrogen-bond acceptors (Lipinski definition) is 3. The van der Waals surface area contributed by atoms with Crippen LogP contribution in [-0.4, -0.2) is 24.7 Å². The quantitative estimate of drug-likeness (QED) is 0.621. The first-order valence-electron chi connectivity index (χ1n) is 8.80. The molecule has 0 aliphatic heterocycles. The highest BCUT2D eigenvalue weighted by atomic mass is 35.5. The van der Waals surface area contributed by atoms with E-state index in [0.717, 1.165) is 16.7 Å². The van der Waals surface area contributed by atoms with Gasteiger partial charge in [0.2, 0.25) is 10.0 Å². The van der Waals surface area contributed by atoms with Crippen molar-refractivity contribution in [3.63, 3.8) is 0 Å². The van der Waals surface area contributed by atoms with Crippen LogP contribution in [0.15, 0.2) is 29.2 Å². The summed E-state index contributed by atoms with van der Waals surface area (Å²) < 4.78 is 66.7. The standard InChI is InChI=1S/C18H23ClF3N3O2S/c1-12(2)11-14-5-7-15(8-6-14)28(26,27)23-9-4-10-25-13(3)16(19)17(24-25)18(20,21)22/h5-8,12,23H,4,9-11H2,1-3H3. The topological polar surface area (TPSA) is 64.0 Å². The van der Waals surface area contributed by atoms with Crippen molar-refractivity contribution in [1.82, 2.24) is 14.5 Å².